The van der Waals surface area contributed by atoms with Crippen LogP contribution >= 0.6 is 0 Å². The van der Waals surface area contributed by atoms with Crippen LogP contribution in [-0.4, -0.2) is 70.9 Å². The molecule has 1 heterocycles. The molecule has 0 saturated carbocycles. The van der Waals surface area contributed by atoms with Crippen molar-refractivity contribution in [3.63, 3.8) is 0 Å². The Balaban J connectivity index is 1.97. The van der Waals surface area contributed by atoms with Crippen molar-refractivity contribution in [3.05, 3.63) is 75.3 Å². The second-order valence-corrected chi connectivity index (χ2v) is 10.1. The van der Waals surface area contributed by atoms with Crippen molar-refractivity contribution in [2.45, 2.75) is 25.6 Å². The quantitative estimate of drug-likeness (QED) is 0.400. The van der Waals surface area contributed by atoms with E-state index in [1.165, 1.54) is 18.2 Å². The van der Waals surface area contributed by atoms with Crippen molar-refractivity contribution in [1.29, 1.82) is 0 Å². The van der Waals surface area contributed by atoms with Gasteiger partial charge in [-0.3, -0.25) is 24.5 Å². The highest BCUT2D eigenvalue weighted by Crippen LogP contribution is 2.25. The van der Waals surface area contributed by atoms with Gasteiger partial charge in [-0.1, -0.05) is 29.8 Å². The summed E-state index contributed by atoms with van der Waals surface area (Å²) in [5.74, 6) is -2.78. The lowest BCUT2D eigenvalue weighted by Crippen LogP contribution is -2.54. The van der Waals surface area contributed by atoms with E-state index in [0.717, 1.165) is 27.1 Å². The fourth-order valence-corrected chi connectivity index (χ4v) is 4.90. The lowest BCUT2D eigenvalue weighted by atomic mass is 10.0. The average Bonchev–Trinajstić information content (AvgIpc) is 3.24. The molecule has 13 heteroatoms. The number of hydrogen-bond donors (Lipinski definition) is 2. The first-order valence-corrected chi connectivity index (χ1v) is 12.3. The molecule has 1 fully saturated rings. The predicted molar refractivity (Wildman–Crippen MR) is 124 cm³/mol. The number of nitrogens with zero attached hydrogens (tertiary/aromatic N) is 3. The molecule has 3 rings (SSSR count). The van der Waals surface area contributed by atoms with Gasteiger partial charge in [0, 0.05) is 30.8 Å². The van der Waals surface area contributed by atoms with E-state index in [1.807, 2.05) is 0 Å². The number of carboxylic acids is 1. The van der Waals surface area contributed by atoms with Gasteiger partial charge in [0.2, 0.25) is 10.0 Å². The molecule has 35 heavy (non-hydrogen) atoms. The predicted octanol–water partition coefficient (Wildman–Crippen LogP) is 1.28. The van der Waals surface area contributed by atoms with Crippen LogP contribution in [0.5, 0.6) is 0 Å². The van der Waals surface area contributed by atoms with E-state index in [-0.39, 0.29) is 29.9 Å². The van der Waals surface area contributed by atoms with Gasteiger partial charge in [0.25, 0.3) is 17.5 Å². The summed E-state index contributed by atoms with van der Waals surface area (Å²) >= 11 is 0. The van der Waals surface area contributed by atoms with Crippen LogP contribution in [0.3, 0.4) is 0 Å². The first-order valence-electron chi connectivity index (χ1n) is 10.5. The van der Waals surface area contributed by atoms with Gasteiger partial charge in [-0.2, -0.15) is 4.31 Å². The number of sulfonamides is 1. The summed E-state index contributed by atoms with van der Waals surface area (Å²) in [5, 5.41) is 23.0. The Morgan fingerprint density at radius 3 is 2.46 bits per heavy atom. The van der Waals surface area contributed by atoms with Crippen molar-refractivity contribution in [1.82, 2.24) is 14.5 Å². The third-order valence-corrected chi connectivity index (χ3v) is 6.73. The minimum atomic E-state index is -3.92. The molecule has 1 aliphatic heterocycles. The summed E-state index contributed by atoms with van der Waals surface area (Å²) in [7, 11) is -3.92. The summed E-state index contributed by atoms with van der Waals surface area (Å²) in [5.41, 5.74) is 0.902. The molecule has 0 aliphatic carbocycles. The molecule has 0 bridgehead atoms. The highest BCUT2D eigenvalue weighted by molar-refractivity contribution is 7.88. The molecule has 2 aromatic carbocycles. The number of carbonyl (C=O) groups is 3. The maximum absolute atomic E-state index is 13.4. The molecular formula is C22H24N4O8S. The zero-order valence-electron chi connectivity index (χ0n) is 18.9. The van der Waals surface area contributed by atoms with Gasteiger partial charge in [0.05, 0.1) is 23.6 Å². The maximum Gasteiger partial charge on any atom is 0.305 e. The second kappa shape index (κ2) is 10.2. The molecule has 2 N–H and O–H groups in total. The number of nitrogens with one attached hydrogen (secondary N) is 1. The van der Waals surface area contributed by atoms with Gasteiger partial charge >= 0.3 is 5.97 Å². The number of carboxylic acid groups (broad SMARTS) is 1. The Hall–Kier alpha value is -3.84. The number of carbonyl (C=O) groups excluding carboxylic acids is 2. The Bertz CT molecular complexity index is 1280. The molecule has 186 valence electrons. The van der Waals surface area contributed by atoms with Crippen LogP contribution in [0.2, 0.25) is 0 Å². The third-order valence-electron chi connectivity index (χ3n) is 5.49. The fraction of sp³-hybridized carbons (Fsp3) is 0.318. The topological polar surface area (TPSA) is 167 Å². The summed E-state index contributed by atoms with van der Waals surface area (Å²) in [6.07, 6.45) is -1.28. The van der Waals surface area contributed by atoms with Crippen LogP contribution in [0.25, 0.3) is 0 Å². The minimum Gasteiger partial charge on any atom is -0.481 e. The van der Waals surface area contributed by atoms with E-state index in [0.29, 0.717) is 0 Å². The van der Waals surface area contributed by atoms with E-state index in [9.17, 15) is 38.0 Å². The summed E-state index contributed by atoms with van der Waals surface area (Å²) in [6, 6.07) is 10.5. The van der Waals surface area contributed by atoms with Crippen LogP contribution in [0.15, 0.2) is 48.5 Å². The molecule has 0 spiro atoms. The highest BCUT2D eigenvalue weighted by Gasteiger charge is 2.45. The maximum atomic E-state index is 13.4. The van der Waals surface area contributed by atoms with Gasteiger partial charge < -0.3 is 15.3 Å². The van der Waals surface area contributed by atoms with Crippen molar-refractivity contribution in [3.8, 4) is 0 Å². The smallest absolute Gasteiger partial charge is 0.305 e. The molecule has 0 aromatic heterocycles. The van der Waals surface area contributed by atoms with E-state index in [2.05, 4.69) is 5.32 Å². The molecule has 0 radical (unpaired) electrons. The number of amides is 2. The lowest BCUT2D eigenvalue weighted by molar-refractivity contribution is -0.384. The van der Waals surface area contributed by atoms with E-state index < -0.39 is 51.4 Å². The number of non-ortho nitro benzene ring substituents is 1. The molecule has 2 aromatic rings. The van der Waals surface area contributed by atoms with E-state index in [1.54, 1.807) is 31.2 Å². The molecule has 2 atom stereocenters. The normalized spacial score (nSPS) is 17.1. The molecule has 2 amide bonds. The Kier molecular flexibility index (Phi) is 7.51. The van der Waals surface area contributed by atoms with E-state index in [4.69, 9.17) is 0 Å². The largest absolute Gasteiger partial charge is 0.481 e. The summed E-state index contributed by atoms with van der Waals surface area (Å²) in [6.45, 7) is 1.59. The van der Waals surface area contributed by atoms with Crippen molar-refractivity contribution in [2.75, 3.05) is 19.3 Å². The molecule has 1 aliphatic rings. The van der Waals surface area contributed by atoms with Gasteiger partial charge in [0.1, 0.15) is 0 Å². The number of aryl methyl sites for hydroxylation is 1. The monoisotopic (exact) mass is 504 g/mol. The molecule has 2 unspecified atom stereocenters. The van der Waals surface area contributed by atoms with Crippen LogP contribution in [-0.2, 0) is 19.6 Å². The van der Waals surface area contributed by atoms with Crippen LogP contribution in [0.4, 0.5) is 5.69 Å². The number of nitro groups is 1. The number of benzene rings is 2. The molecule has 1 saturated heterocycles. The number of nitro benzene ring substituents is 1. The third kappa shape index (κ3) is 6.00. The Morgan fingerprint density at radius 2 is 1.86 bits per heavy atom. The lowest BCUT2D eigenvalue weighted by Gasteiger charge is -2.29. The average molecular weight is 505 g/mol. The highest BCUT2D eigenvalue weighted by atomic mass is 32.2. The Labute approximate surface area is 201 Å². The zero-order valence-corrected chi connectivity index (χ0v) is 19.8. The van der Waals surface area contributed by atoms with Gasteiger partial charge in [0.15, 0.2) is 6.17 Å². The minimum absolute atomic E-state index is 0.0572. The molecule has 12 nitrogen and oxygen atoms in total. The van der Waals surface area contributed by atoms with Crippen LogP contribution in [0, 0.1) is 17.0 Å². The van der Waals surface area contributed by atoms with E-state index >= 15 is 0 Å². The second-order valence-electron chi connectivity index (χ2n) is 8.13. The van der Waals surface area contributed by atoms with Crippen molar-refractivity contribution in [2.24, 2.45) is 0 Å². The first kappa shape index (κ1) is 25.8. The van der Waals surface area contributed by atoms with Gasteiger partial charge in [-0.25, -0.2) is 8.42 Å². The zero-order chi connectivity index (χ0) is 25.9. The number of hydrogen-bond acceptors (Lipinski definition) is 7. The van der Waals surface area contributed by atoms with Gasteiger partial charge in [-0.15, -0.1) is 0 Å². The van der Waals surface area contributed by atoms with Gasteiger partial charge in [-0.05, 0) is 24.6 Å². The number of aliphatic carboxylic acids is 1. The SMILES string of the molecule is Cc1cccc(C(=O)N2CCN(S(C)(=O)=O)C2C(=O)NC(CC(=O)O)c2cccc([N+](=O)[O-])c2)c1. The Morgan fingerprint density at radius 1 is 1.17 bits per heavy atom. The van der Waals surface area contributed by atoms with Crippen molar-refractivity contribution >= 4 is 33.5 Å². The summed E-state index contributed by atoms with van der Waals surface area (Å²) < 4.78 is 25.7. The number of rotatable bonds is 8. The molecular weight excluding hydrogens is 480 g/mol. The first-order chi connectivity index (χ1) is 16.4. The van der Waals surface area contributed by atoms with Crippen LogP contribution in [0.1, 0.15) is 33.9 Å². The standard InChI is InChI=1S/C22H24N4O8S/c1-14-5-3-7-16(11-14)22(30)24-9-10-25(35(2,33)34)21(24)20(29)23-18(13-19(27)28)15-6-4-8-17(12-15)26(31)32/h3-8,11-12,18,21H,9-10,13H2,1-2H3,(H,23,29)(H,27,28). The van der Waals surface area contributed by atoms with Crippen molar-refractivity contribution < 1.29 is 32.8 Å². The van der Waals surface area contributed by atoms with Crippen LogP contribution < -0.4 is 5.32 Å². The fourth-order valence-electron chi connectivity index (χ4n) is 3.91. The summed E-state index contributed by atoms with van der Waals surface area (Å²) in [4.78, 5) is 49.6.